The molecule has 0 saturated carbocycles. The van der Waals surface area contributed by atoms with Gasteiger partial charge in [-0.25, -0.2) is 0 Å². The second-order valence-electron chi connectivity index (χ2n) is 4.28. The highest BCUT2D eigenvalue weighted by Crippen LogP contribution is 2.13. The average Bonchev–Trinajstić information content (AvgIpc) is 2.76. The van der Waals surface area contributed by atoms with E-state index in [4.69, 9.17) is 0 Å². The number of fused-ring (bicyclic) bond motifs is 1. The molecule has 0 bridgehead atoms. The van der Waals surface area contributed by atoms with Gasteiger partial charge in [0.15, 0.2) is 0 Å². The van der Waals surface area contributed by atoms with Crippen molar-refractivity contribution >= 4 is 10.9 Å². The van der Waals surface area contributed by atoms with Gasteiger partial charge in [-0.3, -0.25) is 0 Å². The molecule has 2 heteroatoms. The summed E-state index contributed by atoms with van der Waals surface area (Å²) in [5, 5.41) is 4.78. The maximum absolute atomic E-state index is 3.48. The Kier molecular flexibility index (Phi) is 4.00. The summed E-state index contributed by atoms with van der Waals surface area (Å²) < 4.78 is 0. The molecule has 86 valence electrons. The number of unbranched alkanes of at least 4 members (excludes halogenated alkanes) is 2. The van der Waals surface area contributed by atoms with E-state index in [9.17, 15) is 0 Å². The summed E-state index contributed by atoms with van der Waals surface area (Å²) >= 11 is 0. The van der Waals surface area contributed by atoms with Crippen LogP contribution in [0.15, 0.2) is 30.5 Å². The van der Waals surface area contributed by atoms with Gasteiger partial charge in [0.05, 0.1) is 0 Å². The minimum atomic E-state index is 0.977. The summed E-state index contributed by atoms with van der Waals surface area (Å²) in [5.74, 6) is 0. The van der Waals surface area contributed by atoms with Crippen molar-refractivity contribution in [3.05, 3.63) is 36.0 Å². The lowest BCUT2D eigenvalue weighted by atomic mass is 10.1. The molecule has 0 spiro atoms. The van der Waals surface area contributed by atoms with E-state index in [2.05, 4.69) is 41.5 Å². The molecule has 0 radical (unpaired) electrons. The van der Waals surface area contributed by atoms with Crippen LogP contribution in [0.25, 0.3) is 10.9 Å². The van der Waals surface area contributed by atoms with E-state index in [0.29, 0.717) is 0 Å². The molecule has 2 rings (SSSR count). The van der Waals surface area contributed by atoms with Crippen molar-refractivity contribution in [2.75, 3.05) is 6.54 Å². The van der Waals surface area contributed by atoms with Crippen LogP contribution in [0.4, 0.5) is 0 Å². The Morgan fingerprint density at radius 3 is 3.00 bits per heavy atom. The largest absolute Gasteiger partial charge is 0.361 e. The lowest BCUT2D eigenvalue weighted by Crippen LogP contribution is -2.14. The summed E-state index contributed by atoms with van der Waals surface area (Å²) in [6.07, 6.45) is 5.88. The van der Waals surface area contributed by atoms with Crippen LogP contribution in [0.3, 0.4) is 0 Å². The summed E-state index contributed by atoms with van der Waals surface area (Å²) in [6.45, 7) is 4.34. The van der Waals surface area contributed by atoms with Crippen molar-refractivity contribution in [2.24, 2.45) is 0 Å². The van der Waals surface area contributed by atoms with E-state index in [1.807, 2.05) is 6.20 Å². The van der Waals surface area contributed by atoms with Crippen molar-refractivity contribution in [3.63, 3.8) is 0 Å². The van der Waals surface area contributed by atoms with Gasteiger partial charge in [0.1, 0.15) is 0 Å². The normalized spacial score (nSPS) is 11.1. The first-order valence-corrected chi connectivity index (χ1v) is 6.17. The average molecular weight is 216 g/mol. The van der Waals surface area contributed by atoms with Gasteiger partial charge in [0, 0.05) is 18.3 Å². The van der Waals surface area contributed by atoms with Crippen LogP contribution >= 0.6 is 0 Å². The fraction of sp³-hybridized carbons (Fsp3) is 0.429. The standard InChI is InChI=1S/C14H20N2/c1-2-3-4-8-15-11-12-5-6-14-13(10-12)7-9-16-14/h5-7,9-10,15-16H,2-4,8,11H2,1H3. The highest BCUT2D eigenvalue weighted by molar-refractivity contribution is 5.79. The molecule has 1 heterocycles. The van der Waals surface area contributed by atoms with E-state index in [1.54, 1.807) is 0 Å². The highest BCUT2D eigenvalue weighted by atomic mass is 14.8. The first kappa shape index (κ1) is 11.2. The molecule has 0 saturated heterocycles. The molecule has 1 aromatic carbocycles. The predicted octanol–water partition coefficient (Wildman–Crippen LogP) is 3.45. The van der Waals surface area contributed by atoms with Crippen LogP contribution in [-0.2, 0) is 6.54 Å². The first-order valence-electron chi connectivity index (χ1n) is 6.17. The predicted molar refractivity (Wildman–Crippen MR) is 69.5 cm³/mol. The summed E-state index contributed by atoms with van der Waals surface area (Å²) in [7, 11) is 0. The quantitative estimate of drug-likeness (QED) is 0.711. The van der Waals surface area contributed by atoms with Gasteiger partial charge in [0.25, 0.3) is 0 Å². The second kappa shape index (κ2) is 5.71. The molecular weight excluding hydrogens is 196 g/mol. The Bertz CT molecular complexity index is 431. The molecule has 0 fully saturated rings. The van der Waals surface area contributed by atoms with Crippen LogP contribution in [0.1, 0.15) is 31.7 Å². The SMILES string of the molecule is CCCCCNCc1ccc2[nH]ccc2c1. The van der Waals surface area contributed by atoms with Crippen molar-refractivity contribution in [1.29, 1.82) is 0 Å². The Hall–Kier alpha value is -1.28. The molecular formula is C14H20N2. The summed E-state index contributed by atoms with van der Waals surface area (Å²) in [5.41, 5.74) is 2.58. The number of nitrogens with one attached hydrogen (secondary N) is 2. The molecule has 0 unspecified atom stereocenters. The number of H-pyrrole nitrogens is 1. The molecule has 0 aliphatic rings. The summed E-state index contributed by atoms with van der Waals surface area (Å²) in [4.78, 5) is 3.21. The van der Waals surface area contributed by atoms with Crippen LogP contribution < -0.4 is 5.32 Å². The molecule has 2 nitrogen and oxygen atoms in total. The van der Waals surface area contributed by atoms with Gasteiger partial charge < -0.3 is 10.3 Å². The third-order valence-electron chi connectivity index (χ3n) is 2.90. The van der Waals surface area contributed by atoms with Gasteiger partial charge >= 0.3 is 0 Å². The number of hydrogen-bond donors (Lipinski definition) is 2. The molecule has 16 heavy (non-hydrogen) atoms. The Labute approximate surface area is 97.1 Å². The lowest BCUT2D eigenvalue weighted by Gasteiger charge is -2.04. The van der Waals surface area contributed by atoms with Crippen molar-refractivity contribution in [3.8, 4) is 0 Å². The molecule has 2 N–H and O–H groups in total. The number of rotatable bonds is 6. The minimum Gasteiger partial charge on any atom is -0.361 e. The molecule has 0 aliphatic carbocycles. The number of aromatic nitrogens is 1. The number of benzene rings is 1. The molecule has 0 aliphatic heterocycles. The molecule has 0 atom stereocenters. The van der Waals surface area contributed by atoms with E-state index in [0.717, 1.165) is 13.1 Å². The van der Waals surface area contributed by atoms with Crippen LogP contribution in [0.2, 0.25) is 0 Å². The Balaban J connectivity index is 1.84. The Morgan fingerprint density at radius 2 is 2.12 bits per heavy atom. The maximum Gasteiger partial charge on any atom is 0.0454 e. The second-order valence-corrected chi connectivity index (χ2v) is 4.28. The highest BCUT2D eigenvalue weighted by Gasteiger charge is 1.96. The molecule has 2 aromatic rings. The molecule has 1 aromatic heterocycles. The van der Waals surface area contributed by atoms with Gasteiger partial charge in [-0.1, -0.05) is 25.8 Å². The van der Waals surface area contributed by atoms with Gasteiger partial charge in [-0.15, -0.1) is 0 Å². The van der Waals surface area contributed by atoms with Crippen molar-refractivity contribution < 1.29 is 0 Å². The summed E-state index contributed by atoms with van der Waals surface area (Å²) in [6, 6.07) is 8.71. The third-order valence-corrected chi connectivity index (χ3v) is 2.90. The first-order chi connectivity index (χ1) is 7.90. The third kappa shape index (κ3) is 2.86. The number of aromatic amines is 1. The fourth-order valence-electron chi connectivity index (χ4n) is 1.95. The Morgan fingerprint density at radius 1 is 1.19 bits per heavy atom. The lowest BCUT2D eigenvalue weighted by molar-refractivity contribution is 0.617. The topological polar surface area (TPSA) is 27.8 Å². The van der Waals surface area contributed by atoms with Crippen molar-refractivity contribution in [1.82, 2.24) is 10.3 Å². The fourth-order valence-corrected chi connectivity index (χ4v) is 1.95. The van der Waals surface area contributed by atoms with Crippen LogP contribution in [0.5, 0.6) is 0 Å². The number of hydrogen-bond acceptors (Lipinski definition) is 1. The monoisotopic (exact) mass is 216 g/mol. The van der Waals surface area contributed by atoms with E-state index >= 15 is 0 Å². The zero-order valence-electron chi connectivity index (χ0n) is 9.92. The van der Waals surface area contributed by atoms with Crippen LogP contribution in [0, 0.1) is 0 Å². The van der Waals surface area contributed by atoms with E-state index in [1.165, 1.54) is 35.7 Å². The van der Waals surface area contributed by atoms with Gasteiger partial charge in [-0.2, -0.15) is 0 Å². The smallest absolute Gasteiger partial charge is 0.0454 e. The zero-order valence-corrected chi connectivity index (χ0v) is 9.92. The molecule has 0 amide bonds. The maximum atomic E-state index is 3.48. The zero-order chi connectivity index (χ0) is 11.2. The van der Waals surface area contributed by atoms with Crippen LogP contribution in [-0.4, -0.2) is 11.5 Å². The minimum absolute atomic E-state index is 0.977. The van der Waals surface area contributed by atoms with Crippen molar-refractivity contribution in [2.45, 2.75) is 32.7 Å². The van der Waals surface area contributed by atoms with E-state index < -0.39 is 0 Å². The van der Waals surface area contributed by atoms with Gasteiger partial charge in [-0.05, 0) is 42.1 Å². The van der Waals surface area contributed by atoms with E-state index in [-0.39, 0.29) is 0 Å². The van der Waals surface area contributed by atoms with Gasteiger partial charge in [0.2, 0.25) is 0 Å².